The number of carbonyl (C=O) groups is 1. The van der Waals surface area contributed by atoms with Crippen LogP contribution in [0.5, 0.6) is 0 Å². The molecule has 3 rings (SSSR count). The largest absolute Gasteiger partial charge is 0.369 e. The summed E-state index contributed by atoms with van der Waals surface area (Å²) in [6.07, 6.45) is 7.98. The van der Waals surface area contributed by atoms with E-state index in [2.05, 4.69) is 10.3 Å². The van der Waals surface area contributed by atoms with Crippen LogP contribution in [0.25, 0.3) is 0 Å². The van der Waals surface area contributed by atoms with E-state index >= 15 is 0 Å². The van der Waals surface area contributed by atoms with Crippen molar-refractivity contribution in [1.29, 1.82) is 0 Å². The molecule has 1 saturated carbocycles. The lowest BCUT2D eigenvalue weighted by atomic mass is 9.95. The van der Waals surface area contributed by atoms with Crippen LogP contribution in [0.3, 0.4) is 0 Å². The average molecular weight is 351 g/mol. The first-order valence-corrected chi connectivity index (χ1v) is 10.5. The molecule has 0 radical (unpaired) electrons. The van der Waals surface area contributed by atoms with Gasteiger partial charge in [0.05, 0.1) is 23.4 Å². The molecule has 1 amide bonds. The van der Waals surface area contributed by atoms with Crippen LogP contribution in [0.4, 0.5) is 5.69 Å². The Labute approximate surface area is 143 Å². The van der Waals surface area contributed by atoms with Gasteiger partial charge >= 0.3 is 0 Å². The van der Waals surface area contributed by atoms with Gasteiger partial charge in [0, 0.05) is 19.1 Å². The Hall–Kier alpha value is -1.63. The van der Waals surface area contributed by atoms with Gasteiger partial charge in [0.2, 0.25) is 0 Å². The number of hydrogen-bond acceptors (Lipinski definition) is 5. The Bertz CT molecular complexity index is 682. The van der Waals surface area contributed by atoms with E-state index in [-0.39, 0.29) is 29.5 Å². The van der Waals surface area contributed by atoms with Crippen molar-refractivity contribution < 1.29 is 13.2 Å². The lowest BCUT2D eigenvalue weighted by Crippen LogP contribution is -2.36. The first-order chi connectivity index (χ1) is 11.4. The van der Waals surface area contributed by atoms with Gasteiger partial charge in [-0.1, -0.05) is 19.3 Å². The lowest BCUT2D eigenvalue weighted by molar-refractivity contribution is 0.0922. The van der Waals surface area contributed by atoms with Crippen LogP contribution in [0, 0.1) is 0 Å². The highest BCUT2D eigenvalue weighted by Gasteiger charge is 2.31. The molecule has 1 aromatic rings. The summed E-state index contributed by atoms with van der Waals surface area (Å²) < 4.78 is 23.2. The third-order valence-corrected chi connectivity index (χ3v) is 6.83. The minimum Gasteiger partial charge on any atom is -0.369 e. The maximum Gasteiger partial charge on any atom is 0.270 e. The second kappa shape index (κ2) is 7.09. The molecule has 6 nitrogen and oxygen atoms in total. The highest BCUT2D eigenvalue weighted by molar-refractivity contribution is 7.91. The number of aromatic nitrogens is 1. The van der Waals surface area contributed by atoms with Gasteiger partial charge in [-0.15, -0.1) is 0 Å². The zero-order valence-corrected chi connectivity index (χ0v) is 14.9. The third-order valence-electron chi connectivity index (χ3n) is 5.08. The summed E-state index contributed by atoms with van der Waals surface area (Å²) in [5.41, 5.74) is 1.25. The summed E-state index contributed by atoms with van der Waals surface area (Å²) in [5.74, 6) is 0.310. The number of nitrogens with zero attached hydrogens (tertiary/aromatic N) is 2. The van der Waals surface area contributed by atoms with Gasteiger partial charge in [0.15, 0.2) is 9.84 Å². The number of anilines is 1. The van der Waals surface area contributed by atoms with Gasteiger partial charge in [-0.2, -0.15) is 0 Å². The van der Waals surface area contributed by atoms with E-state index in [4.69, 9.17) is 0 Å². The number of hydrogen-bond donors (Lipinski definition) is 1. The SMILES string of the molecule is CN(c1ccc(C(=O)NC2CCCCC2)nc1)C1CCS(=O)(=O)C1. The van der Waals surface area contributed by atoms with Crippen LogP contribution < -0.4 is 10.2 Å². The second-order valence-electron chi connectivity index (χ2n) is 6.88. The normalized spacial score (nSPS) is 23.8. The number of carbonyl (C=O) groups excluding carboxylic acids is 1. The summed E-state index contributed by atoms with van der Waals surface area (Å²) in [4.78, 5) is 18.5. The van der Waals surface area contributed by atoms with Gasteiger partial charge in [0.1, 0.15) is 5.69 Å². The van der Waals surface area contributed by atoms with Crippen molar-refractivity contribution in [1.82, 2.24) is 10.3 Å². The van der Waals surface area contributed by atoms with E-state index in [9.17, 15) is 13.2 Å². The van der Waals surface area contributed by atoms with Crippen molar-refractivity contribution in [2.45, 2.75) is 50.6 Å². The molecule has 2 fully saturated rings. The van der Waals surface area contributed by atoms with E-state index in [0.717, 1.165) is 18.5 Å². The predicted molar refractivity (Wildman–Crippen MR) is 94.0 cm³/mol. The highest BCUT2D eigenvalue weighted by atomic mass is 32.2. The molecule has 1 aliphatic heterocycles. The van der Waals surface area contributed by atoms with Crippen molar-refractivity contribution in [2.75, 3.05) is 23.5 Å². The molecule has 0 aromatic carbocycles. The van der Waals surface area contributed by atoms with E-state index in [0.29, 0.717) is 12.1 Å². The zero-order valence-electron chi connectivity index (χ0n) is 14.1. The summed E-state index contributed by atoms with van der Waals surface area (Å²) >= 11 is 0. The number of nitrogens with one attached hydrogen (secondary N) is 1. The van der Waals surface area contributed by atoms with Gasteiger partial charge in [-0.3, -0.25) is 4.79 Å². The minimum absolute atomic E-state index is 0.0151. The minimum atomic E-state index is -2.91. The first kappa shape index (κ1) is 17.2. The first-order valence-electron chi connectivity index (χ1n) is 8.65. The molecule has 1 aromatic heterocycles. The molecular weight excluding hydrogens is 326 g/mol. The Morgan fingerprint density at radius 3 is 2.54 bits per heavy atom. The summed E-state index contributed by atoms with van der Waals surface area (Å²) in [5, 5.41) is 3.06. The Morgan fingerprint density at radius 1 is 1.21 bits per heavy atom. The Kier molecular flexibility index (Phi) is 5.08. The number of rotatable bonds is 4. The van der Waals surface area contributed by atoms with E-state index < -0.39 is 9.84 Å². The molecule has 7 heteroatoms. The number of pyridine rings is 1. The van der Waals surface area contributed by atoms with Gasteiger partial charge in [-0.25, -0.2) is 13.4 Å². The average Bonchev–Trinajstić information content (AvgIpc) is 2.95. The zero-order chi connectivity index (χ0) is 17.2. The summed E-state index contributed by atoms with van der Waals surface area (Å²) in [6, 6.07) is 3.80. The number of amides is 1. The molecule has 1 aliphatic carbocycles. The topological polar surface area (TPSA) is 79.4 Å². The number of sulfone groups is 1. The van der Waals surface area contributed by atoms with Gasteiger partial charge in [-0.05, 0) is 31.4 Å². The monoisotopic (exact) mass is 351 g/mol. The molecule has 2 aliphatic rings. The second-order valence-corrected chi connectivity index (χ2v) is 9.11. The van der Waals surface area contributed by atoms with Gasteiger partial charge in [0.25, 0.3) is 5.91 Å². The van der Waals surface area contributed by atoms with Crippen molar-refractivity contribution in [2.24, 2.45) is 0 Å². The molecule has 2 heterocycles. The molecule has 24 heavy (non-hydrogen) atoms. The molecule has 1 N–H and O–H groups in total. The lowest BCUT2D eigenvalue weighted by Gasteiger charge is -2.25. The molecule has 1 unspecified atom stereocenters. The Balaban J connectivity index is 1.61. The van der Waals surface area contributed by atoms with Crippen LogP contribution in [-0.4, -0.2) is 49.9 Å². The van der Waals surface area contributed by atoms with Gasteiger partial charge < -0.3 is 10.2 Å². The van der Waals surface area contributed by atoms with Crippen LogP contribution in [0.2, 0.25) is 0 Å². The molecule has 1 saturated heterocycles. The maximum atomic E-state index is 12.3. The fraction of sp³-hybridized carbons (Fsp3) is 0.647. The van der Waals surface area contributed by atoms with Crippen molar-refractivity contribution >= 4 is 21.4 Å². The smallest absolute Gasteiger partial charge is 0.270 e. The van der Waals surface area contributed by atoms with Crippen molar-refractivity contribution in [3.05, 3.63) is 24.0 Å². The van der Waals surface area contributed by atoms with E-state index in [1.807, 2.05) is 18.0 Å². The standard InChI is InChI=1S/C17H25N3O3S/c1-20(15-9-10-24(22,23)12-15)14-7-8-16(18-11-14)17(21)19-13-5-3-2-4-6-13/h7-8,11,13,15H,2-6,9-10,12H2,1H3,(H,19,21). The fourth-order valence-corrected chi connectivity index (χ4v) is 5.30. The third kappa shape index (κ3) is 4.06. The summed E-state index contributed by atoms with van der Waals surface area (Å²) in [7, 11) is -1.03. The van der Waals surface area contributed by atoms with Crippen LogP contribution in [-0.2, 0) is 9.84 Å². The maximum absolute atomic E-state index is 12.3. The molecule has 0 bridgehead atoms. The fourth-order valence-electron chi connectivity index (χ4n) is 3.53. The van der Waals surface area contributed by atoms with Crippen LogP contribution in [0.15, 0.2) is 18.3 Å². The molecule has 1 atom stereocenters. The van der Waals surface area contributed by atoms with E-state index in [1.165, 1.54) is 19.3 Å². The predicted octanol–water partition coefficient (Wildman–Crippen LogP) is 1.77. The molecular formula is C17H25N3O3S. The van der Waals surface area contributed by atoms with E-state index in [1.54, 1.807) is 12.3 Å². The van der Waals surface area contributed by atoms with Crippen molar-refractivity contribution in [3.63, 3.8) is 0 Å². The quantitative estimate of drug-likeness (QED) is 0.894. The van der Waals surface area contributed by atoms with Crippen molar-refractivity contribution in [3.8, 4) is 0 Å². The molecule has 132 valence electrons. The summed E-state index contributed by atoms with van der Waals surface area (Å²) in [6.45, 7) is 0. The Morgan fingerprint density at radius 2 is 1.96 bits per heavy atom. The van der Waals surface area contributed by atoms with Crippen LogP contribution in [0.1, 0.15) is 49.0 Å². The highest BCUT2D eigenvalue weighted by Crippen LogP contribution is 2.22. The van der Waals surface area contributed by atoms with Crippen LogP contribution >= 0.6 is 0 Å². The molecule has 0 spiro atoms.